The smallest absolute Gasteiger partial charge is 0.191 e. The van der Waals surface area contributed by atoms with E-state index in [1.807, 2.05) is 12.1 Å². The van der Waals surface area contributed by atoms with Crippen LogP contribution >= 0.6 is 24.0 Å². The first kappa shape index (κ1) is 21.3. The Labute approximate surface area is 168 Å². The predicted octanol–water partition coefficient (Wildman–Crippen LogP) is 4.09. The number of methoxy groups -OCH3 is 1. The third kappa shape index (κ3) is 6.94. The summed E-state index contributed by atoms with van der Waals surface area (Å²) in [6.07, 6.45) is 0. The van der Waals surface area contributed by atoms with Gasteiger partial charge in [0, 0.05) is 20.1 Å². The van der Waals surface area contributed by atoms with Gasteiger partial charge in [0.1, 0.15) is 5.75 Å². The molecular formula is C20H28IN3O. The van der Waals surface area contributed by atoms with Gasteiger partial charge < -0.3 is 15.4 Å². The van der Waals surface area contributed by atoms with E-state index in [-0.39, 0.29) is 24.0 Å². The number of hydrogen-bond donors (Lipinski definition) is 2. The molecule has 1 unspecified atom stereocenters. The number of halogens is 1. The third-order valence-electron chi connectivity index (χ3n) is 4.03. The van der Waals surface area contributed by atoms with E-state index >= 15 is 0 Å². The molecular weight excluding hydrogens is 425 g/mol. The zero-order chi connectivity index (χ0) is 17.4. The van der Waals surface area contributed by atoms with Crippen LogP contribution in [-0.2, 0) is 6.54 Å². The molecule has 0 aliphatic heterocycles. The fourth-order valence-corrected chi connectivity index (χ4v) is 2.49. The van der Waals surface area contributed by atoms with Crippen molar-refractivity contribution in [3.63, 3.8) is 0 Å². The number of ether oxygens (including phenoxy) is 1. The Morgan fingerprint density at radius 1 is 1.12 bits per heavy atom. The van der Waals surface area contributed by atoms with Crippen LogP contribution in [0.15, 0.2) is 53.5 Å². The minimum atomic E-state index is 0. The number of nitrogens with zero attached hydrogens (tertiary/aromatic N) is 1. The maximum Gasteiger partial charge on any atom is 0.191 e. The van der Waals surface area contributed by atoms with Crippen molar-refractivity contribution < 1.29 is 4.74 Å². The van der Waals surface area contributed by atoms with Gasteiger partial charge in [-0.05, 0) is 36.1 Å². The van der Waals surface area contributed by atoms with Gasteiger partial charge in [-0.1, -0.05) is 48.9 Å². The molecule has 2 N–H and O–H groups in total. The number of guanidine groups is 1. The lowest BCUT2D eigenvalue weighted by Gasteiger charge is -2.17. The Hall–Kier alpha value is -1.76. The zero-order valence-corrected chi connectivity index (χ0v) is 17.7. The van der Waals surface area contributed by atoms with Crippen molar-refractivity contribution in [1.82, 2.24) is 10.6 Å². The van der Waals surface area contributed by atoms with Crippen molar-refractivity contribution in [1.29, 1.82) is 0 Å². The third-order valence-corrected chi connectivity index (χ3v) is 4.03. The van der Waals surface area contributed by atoms with E-state index in [9.17, 15) is 0 Å². The summed E-state index contributed by atoms with van der Waals surface area (Å²) in [5, 5.41) is 6.73. The second kappa shape index (κ2) is 11.0. The first-order valence-electron chi connectivity index (χ1n) is 8.26. The van der Waals surface area contributed by atoms with Crippen LogP contribution in [-0.4, -0.2) is 26.7 Å². The highest BCUT2D eigenvalue weighted by atomic mass is 127. The minimum absolute atomic E-state index is 0. The largest absolute Gasteiger partial charge is 0.497 e. The summed E-state index contributed by atoms with van der Waals surface area (Å²) in [5.74, 6) is 2.10. The van der Waals surface area contributed by atoms with Crippen molar-refractivity contribution in [2.24, 2.45) is 4.99 Å². The van der Waals surface area contributed by atoms with E-state index < -0.39 is 0 Å². The van der Waals surface area contributed by atoms with Gasteiger partial charge in [0.15, 0.2) is 5.96 Å². The number of aryl methyl sites for hydroxylation is 1. The van der Waals surface area contributed by atoms with Gasteiger partial charge in [0.2, 0.25) is 0 Å². The average molecular weight is 453 g/mol. The molecule has 0 aliphatic carbocycles. The maximum absolute atomic E-state index is 5.17. The molecule has 2 aromatic carbocycles. The number of nitrogens with one attached hydrogen (secondary N) is 2. The molecule has 1 atom stereocenters. The van der Waals surface area contributed by atoms with Crippen molar-refractivity contribution in [2.75, 3.05) is 20.7 Å². The molecule has 0 heterocycles. The summed E-state index contributed by atoms with van der Waals surface area (Å²) in [6.45, 7) is 5.91. The molecule has 0 spiro atoms. The molecule has 2 aromatic rings. The summed E-state index contributed by atoms with van der Waals surface area (Å²) in [7, 11) is 3.47. The van der Waals surface area contributed by atoms with Crippen LogP contribution in [0.1, 0.15) is 29.5 Å². The Balaban J connectivity index is 0.00000312. The number of aliphatic imine (C=N–C) groups is 1. The number of hydrogen-bond acceptors (Lipinski definition) is 2. The molecule has 2 rings (SSSR count). The van der Waals surface area contributed by atoms with Gasteiger partial charge in [0.25, 0.3) is 0 Å². The lowest BCUT2D eigenvalue weighted by atomic mass is 9.99. The molecule has 0 aliphatic rings. The highest BCUT2D eigenvalue weighted by Crippen LogP contribution is 2.15. The fourth-order valence-electron chi connectivity index (χ4n) is 2.49. The molecule has 0 aromatic heterocycles. The molecule has 4 nitrogen and oxygen atoms in total. The van der Waals surface area contributed by atoms with E-state index in [1.54, 1.807) is 14.2 Å². The lowest BCUT2D eigenvalue weighted by molar-refractivity contribution is 0.414. The van der Waals surface area contributed by atoms with Crippen LogP contribution < -0.4 is 15.4 Å². The first-order chi connectivity index (χ1) is 11.6. The second-order valence-electron chi connectivity index (χ2n) is 5.97. The maximum atomic E-state index is 5.17. The highest BCUT2D eigenvalue weighted by Gasteiger charge is 2.07. The number of rotatable bonds is 6. The summed E-state index contributed by atoms with van der Waals surface area (Å²) < 4.78 is 5.17. The zero-order valence-electron chi connectivity index (χ0n) is 15.4. The minimum Gasteiger partial charge on any atom is -0.497 e. The van der Waals surface area contributed by atoms with Crippen LogP contribution in [0, 0.1) is 6.92 Å². The second-order valence-corrected chi connectivity index (χ2v) is 5.97. The molecule has 25 heavy (non-hydrogen) atoms. The molecule has 0 saturated carbocycles. The van der Waals surface area contributed by atoms with Crippen LogP contribution in [0.4, 0.5) is 0 Å². The monoisotopic (exact) mass is 453 g/mol. The Bertz CT molecular complexity index is 671. The van der Waals surface area contributed by atoms with Gasteiger partial charge in [-0.3, -0.25) is 4.99 Å². The topological polar surface area (TPSA) is 45.7 Å². The SMILES string of the molecule is CN=C(NCc1ccc(OC)cc1)NCC(C)c1cccc(C)c1.I. The molecule has 136 valence electrons. The van der Waals surface area contributed by atoms with Crippen molar-refractivity contribution >= 4 is 29.9 Å². The van der Waals surface area contributed by atoms with E-state index in [2.05, 4.69) is 65.9 Å². The fraction of sp³-hybridized carbons (Fsp3) is 0.350. The van der Waals surface area contributed by atoms with Crippen LogP contribution in [0.5, 0.6) is 5.75 Å². The van der Waals surface area contributed by atoms with Gasteiger partial charge in [-0.15, -0.1) is 24.0 Å². The molecule has 0 bridgehead atoms. The number of benzene rings is 2. The summed E-state index contributed by atoms with van der Waals surface area (Å²) in [6, 6.07) is 16.7. The van der Waals surface area contributed by atoms with Crippen molar-refractivity contribution in [3.05, 3.63) is 65.2 Å². The Kier molecular flexibility index (Phi) is 9.34. The molecule has 0 radical (unpaired) electrons. The average Bonchev–Trinajstić information content (AvgIpc) is 2.62. The molecule has 0 saturated heterocycles. The molecule has 0 amide bonds. The van der Waals surface area contributed by atoms with E-state index in [4.69, 9.17) is 4.74 Å². The van der Waals surface area contributed by atoms with Crippen molar-refractivity contribution in [3.8, 4) is 5.75 Å². The Morgan fingerprint density at radius 2 is 1.84 bits per heavy atom. The summed E-state index contributed by atoms with van der Waals surface area (Å²) in [4.78, 5) is 4.29. The Morgan fingerprint density at radius 3 is 2.44 bits per heavy atom. The van der Waals surface area contributed by atoms with Crippen LogP contribution in [0.3, 0.4) is 0 Å². The van der Waals surface area contributed by atoms with Gasteiger partial charge in [-0.25, -0.2) is 0 Å². The van der Waals surface area contributed by atoms with E-state index in [0.717, 1.165) is 24.8 Å². The van der Waals surface area contributed by atoms with Gasteiger partial charge in [0.05, 0.1) is 7.11 Å². The quantitative estimate of drug-likeness (QED) is 0.394. The normalized spacial score (nSPS) is 12.1. The summed E-state index contributed by atoms with van der Waals surface area (Å²) >= 11 is 0. The lowest BCUT2D eigenvalue weighted by Crippen LogP contribution is -2.38. The van der Waals surface area contributed by atoms with E-state index in [1.165, 1.54) is 16.7 Å². The van der Waals surface area contributed by atoms with Crippen LogP contribution in [0.2, 0.25) is 0 Å². The first-order valence-corrected chi connectivity index (χ1v) is 8.26. The molecule has 0 fully saturated rings. The standard InChI is InChI=1S/C20H27N3O.HI/c1-15-6-5-7-18(12-15)16(2)13-22-20(21-3)23-14-17-8-10-19(24-4)11-9-17;/h5-12,16H,13-14H2,1-4H3,(H2,21,22,23);1H. The van der Waals surface area contributed by atoms with Crippen molar-refractivity contribution in [2.45, 2.75) is 26.3 Å². The summed E-state index contributed by atoms with van der Waals surface area (Å²) in [5.41, 5.74) is 3.82. The highest BCUT2D eigenvalue weighted by molar-refractivity contribution is 14.0. The van der Waals surface area contributed by atoms with Gasteiger partial charge >= 0.3 is 0 Å². The predicted molar refractivity (Wildman–Crippen MR) is 116 cm³/mol. The van der Waals surface area contributed by atoms with E-state index in [0.29, 0.717) is 5.92 Å². The van der Waals surface area contributed by atoms with Gasteiger partial charge in [-0.2, -0.15) is 0 Å². The molecule has 5 heteroatoms. The van der Waals surface area contributed by atoms with Crippen LogP contribution in [0.25, 0.3) is 0 Å².